The normalized spacial score (nSPS) is 11.2. The van der Waals surface area contributed by atoms with Crippen molar-refractivity contribution in [2.75, 3.05) is 5.32 Å². The molecule has 1 aromatic carbocycles. The van der Waals surface area contributed by atoms with Crippen LogP contribution in [0.3, 0.4) is 0 Å². The van der Waals surface area contributed by atoms with Crippen molar-refractivity contribution in [3.63, 3.8) is 0 Å². The van der Waals surface area contributed by atoms with E-state index in [1.807, 2.05) is 0 Å². The second kappa shape index (κ2) is 10.7. The van der Waals surface area contributed by atoms with Gasteiger partial charge in [0.25, 0.3) is 5.56 Å². The van der Waals surface area contributed by atoms with Gasteiger partial charge in [0.05, 0.1) is 12.5 Å². The van der Waals surface area contributed by atoms with Crippen LogP contribution in [-0.4, -0.2) is 26.8 Å². The summed E-state index contributed by atoms with van der Waals surface area (Å²) in [5.41, 5.74) is 0.216. The van der Waals surface area contributed by atoms with Gasteiger partial charge in [0.15, 0.2) is 5.69 Å². The standard InChI is InChI=1S/C18H20BrN3O5.Na.H/c1-3-22-9-10(2)16(25)15(17(22)26)21-18(27)20-13(8-14(23)24)11-5-4-6-12(19)7-11;;/h4-7,9,13,25H,3,8H2,1-2H3,(H,23,24)(H2,20,21,27);;/q;+1;-1. The third-order valence-corrected chi connectivity index (χ3v) is 4.44. The van der Waals surface area contributed by atoms with E-state index < -0.39 is 23.6 Å². The zero-order chi connectivity index (χ0) is 20.1. The Kier molecular flexibility index (Phi) is 9.22. The molecule has 146 valence electrons. The van der Waals surface area contributed by atoms with E-state index >= 15 is 0 Å². The molecule has 0 radical (unpaired) electrons. The molecule has 0 bridgehead atoms. The third kappa shape index (κ3) is 6.10. The number of carbonyl (C=O) groups is 2. The number of urea groups is 1. The first-order chi connectivity index (χ1) is 12.7. The van der Waals surface area contributed by atoms with E-state index in [9.17, 15) is 19.5 Å². The molecule has 0 aliphatic carbocycles. The van der Waals surface area contributed by atoms with E-state index in [0.717, 1.165) is 4.47 Å². The average Bonchev–Trinajstić information content (AvgIpc) is 2.61. The number of anilines is 1. The van der Waals surface area contributed by atoms with Gasteiger partial charge in [-0.2, -0.15) is 0 Å². The Hall–Kier alpha value is -1.81. The predicted octanol–water partition coefficient (Wildman–Crippen LogP) is 0.0987. The molecule has 1 aromatic heterocycles. The second-order valence-corrected chi connectivity index (χ2v) is 6.85. The number of carboxylic acids is 1. The maximum Gasteiger partial charge on any atom is 1.00 e. The monoisotopic (exact) mass is 461 g/mol. The third-order valence-electron chi connectivity index (χ3n) is 3.95. The SMILES string of the molecule is CCn1cc(C)c(O)c(NC(=O)NC(CC(=O)O)c2cccc(Br)c2)c1=O.[H-].[Na+]. The second-order valence-electron chi connectivity index (χ2n) is 5.93. The van der Waals surface area contributed by atoms with Crippen molar-refractivity contribution >= 4 is 33.6 Å². The van der Waals surface area contributed by atoms with E-state index in [1.165, 1.54) is 10.8 Å². The summed E-state index contributed by atoms with van der Waals surface area (Å²) in [4.78, 5) is 35.9. The number of nitrogens with one attached hydrogen (secondary N) is 2. The van der Waals surface area contributed by atoms with Gasteiger partial charge in [-0.25, -0.2) is 4.79 Å². The topological polar surface area (TPSA) is 121 Å². The van der Waals surface area contributed by atoms with Gasteiger partial charge >= 0.3 is 41.6 Å². The molecule has 0 spiro atoms. The molecule has 2 rings (SSSR count). The van der Waals surface area contributed by atoms with Crippen molar-refractivity contribution in [3.8, 4) is 5.75 Å². The van der Waals surface area contributed by atoms with Crippen molar-refractivity contribution in [2.45, 2.75) is 32.9 Å². The molecule has 2 aromatic rings. The molecule has 1 unspecified atom stereocenters. The zero-order valence-electron chi connectivity index (χ0n) is 16.8. The number of aromatic nitrogens is 1. The van der Waals surface area contributed by atoms with Crippen LogP contribution in [0.25, 0.3) is 0 Å². The molecular weight excluding hydrogens is 441 g/mol. The fourth-order valence-electron chi connectivity index (χ4n) is 2.60. The molecule has 4 N–H and O–H groups in total. The Morgan fingerprint density at radius 2 is 2.04 bits per heavy atom. The van der Waals surface area contributed by atoms with Crippen LogP contribution in [-0.2, 0) is 11.3 Å². The molecule has 0 saturated carbocycles. The Labute approximate surface area is 193 Å². The first kappa shape index (κ1) is 24.2. The fraction of sp³-hybridized carbons (Fsp3) is 0.278. The van der Waals surface area contributed by atoms with Gasteiger partial charge in [-0.3, -0.25) is 9.59 Å². The fourth-order valence-corrected chi connectivity index (χ4v) is 3.02. The number of amides is 2. The van der Waals surface area contributed by atoms with Gasteiger partial charge < -0.3 is 26.8 Å². The number of aryl methyl sites for hydroxylation is 2. The zero-order valence-corrected chi connectivity index (χ0v) is 19.4. The molecule has 0 aliphatic heterocycles. The largest absolute Gasteiger partial charge is 1.00 e. The summed E-state index contributed by atoms with van der Waals surface area (Å²) in [5, 5.41) is 24.1. The maximum atomic E-state index is 12.4. The van der Waals surface area contributed by atoms with Crippen LogP contribution in [0, 0.1) is 6.92 Å². The van der Waals surface area contributed by atoms with E-state index in [4.69, 9.17) is 5.11 Å². The number of carboxylic acid groups (broad SMARTS) is 1. The summed E-state index contributed by atoms with van der Waals surface area (Å²) in [5.74, 6) is -1.41. The summed E-state index contributed by atoms with van der Waals surface area (Å²) in [6, 6.07) is 5.27. The Morgan fingerprint density at radius 3 is 2.61 bits per heavy atom. The van der Waals surface area contributed by atoms with Crippen molar-refractivity contribution in [2.24, 2.45) is 0 Å². The van der Waals surface area contributed by atoms with Crippen LogP contribution in [0.2, 0.25) is 0 Å². The van der Waals surface area contributed by atoms with Crippen LogP contribution < -0.4 is 45.8 Å². The number of halogens is 1. The van der Waals surface area contributed by atoms with Crippen molar-refractivity contribution in [1.29, 1.82) is 0 Å². The number of nitrogens with zero attached hydrogens (tertiary/aromatic N) is 1. The molecule has 28 heavy (non-hydrogen) atoms. The van der Waals surface area contributed by atoms with Crippen molar-refractivity contribution < 1.29 is 50.8 Å². The van der Waals surface area contributed by atoms with Crippen LogP contribution >= 0.6 is 15.9 Å². The molecule has 8 nitrogen and oxygen atoms in total. The van der Waals surface area contributed by atoms with Gasteiger partial charge in [-0.15, -0.1) is 0 Å². The number of hydrogen-bond donors (Lipinski definition) is 4. The molecule has 1 heterocycles. The number of benzene rings is 1. The Balaban J connectivity index is 0.00000392. The molecule has 2 amide bonds. The Morgan fingerprint density at radius 1 is 1.36 bits per heavy atom. The van der Waals surface area contributed by atoms with Crippen LogP contribution in [0.15, 0.2) is 39.7 Å². The van der Waals surface area contributed by atoms with E-state index in [0.29, 0.717) is 17.7 Å². The van der Waals surface area contributed by atoms with Gasteiger partial charge in [-0.05, 0) is 31.5 Å². The van der Waals surface area contributed by atoms with Gasteiger partial charge in [0.1, 0.15) is 5.75 Å². The van der Waals surface area contributed by atoms with Crippen molar-refractivity contribution in [1.82, 2.24) is 9.88 Å². The summed E-state index contributed by atoms with van der Waals surface area (Å²) in [7, 11) is 0. The molecule has 0 saturated heterocycles. The van der Waals surface area contributed by atoms with Gasteiger partial charge in [-0.1, -0.05) is 28.1 Å². The maximum absolute atomic E-state index is 12.4. The molecular formula is C18H21BrN3NaO5. The minimum atomic E-state index is -1.09. The van der Waals surface area contributed by atoms with E-state index in [2.05, 4.69) is 26.6 Å². The van der Waals surface area contributed by atoms with Crippen LogP contribution in [0.4, 0.5) is 10.5 Å². The number of pyridine rings is 1. The summed E-state index contributed by atoms with van der Waals surface area (Å²) < 4.78 is 2.09. The summed E-state index contributed by atoms with van der Waals surface area (Å²) in [6.07, 6.45) is 1.15. The molecule has 0 fully saturated rings. The molecule has 1 atom stereocenters. The number of aliphatic carboxylic acids is 1. The predicted molar refractivity (Wildman–Crippen MR) is 105 cm³/mol. The van der Waals surface area contributed by atoms with Gasteiger partial charge in [0.2, 0.25) is 0 Å². The first-order valence-electron chi connectivity index (χ1n) is 8.20. The number of aromatic hydroxyl groups is 1. The molecule has 10 heteroatoms. The quantitative estimate of drug-likeness (QED) is 0.454. The van der Waals surface area contributed by atoms with Crippen molar-refractivity contribution in [3.05, 3.63) is 56.4 Å². The van der Waals surface area contributed by atoms with E-state index in [-0.39, 0.29) is 48.8 Å². The van der Waals surface area contributed by atoms with E-state index in [1.54, 1.807) is 38.1 Å². The van der Waals surface area contributed by atoms with Crippen LogP contribution in [0.5, 0.6) is 5.75 Å². The number of carbonyl (C=O) groups excluding carboxylic acids is 1. The minimum Gasteiger partial charge on any atom is -1.00 e. The molecule has 0 aliphatic rings. The number of hydrogen-bond acceptors (Lipinski definition) is 4. The summed E-state index contributed by atoms with van der Waals surface area (Å²) >= 11 is 3.31. The smallest absolute Gasteiger partial charge is 1.00 e. The minimum absolute atomic E-state index is 0. The van der Waals surface area contributed by atoms with Gasteiger partial charge in [0, 0.05) is 22.8 Å². The van der Waals surface area contributed by atoms with Crippen LogP contribution in [0.1, 0.15) is 31.9 Å². The first-order valence-corrected chi connectivity index (χ1v) is 9.00. The summed E-state index contributed by atoms with van der Waals surface area (Å²) in [6.45, 7) is 3.74. The average molecular weight is 462 g/mol. The Bertz CT molecular complexity index is 938. The number of rotatable bonds is 6.